The third-order valence-electron chi connectivity index (χ3n) is 5.89. The summed E-state index contributed by atoms with van der Waals surface area (Å²) < 4.78 is 6.39. The molecule has 1 nitrogen and oxygen atoms in total. The maximum absolute atomic E-state index is 6.39. The van der Waals surface area contributed by atoms with Gasteiger partial charge in [-0.1, -0.05) is 91.0 Å². The van der Waals surface area contributed by atoms with E-state index in [0.717, 1.165) is 36.3 Å². The fourth-order valence-electron chi connectivity index (χ4n) is 4.46. The lowest BCUT2D eigenvalue weighted by molar-refractivity contribution is 0.384. The molecule has 5 rings (SSSR count). The number of fused-ring (bicyclic) bond motifs is 1. The molecule has 3 aromatic carbocycles. The fraction of sp³-hybridized carbons (Fsp3) is 0.154. The molecule has 1 aliphatic carbocycles. The van der Waals surface area contributed by atoms with Crippen molar-refractivity contribution in [3.63, 3.8) is 0 Å². The minimum Gasteiger partial charge on any atom is -0.461 e. The average molecular weight is 350 g/mol. The molecule has 0 amide bonds. The quantitative estimate of drug-likeness (QED) is 0.415. The second kappa shape index (κ2) is 6.59. The highest BCUT2D eigenvalue weighted by atomic mass is 16.3. The van der Waals surface area contributed by atoms with Gasteiger partial charge in [0.2, 0.25) is 0 Å². The van der Waals surface area contributed by atoms with Crippen molar-refractivity contribution in [3.8, 4) is 11.3 Å². The molecule has 132 valence electrons. The Bertz CT molecular complexity index is 990. The summed E-state index contributed by atoms with van der Waals surface area (Å²) in [6.07, 6.45) is 3.04. The van der Waals surface area contributed by atoms with Crippen molar-refractivity contribution >= 4 is 0 Å². The van der Waals surface area contributed by atoms with Crippen molar-refractivity contribution in [2.75, 3.05) is 0 Å². The Morgan fingerprint density at radius 1 is 0.667 bits per heavy atom. The van der Waals surface area contributed by atoms with Gasteiger partial charge in [0, 0.05) is 17.4 Å². The van der Waals surface area contributed by atoms with E-state index in [1.54, 1.807) is 0 Å². The number of benzene rings is 3. The highest BCUT2D eigenvalue weighted by molar-refractivity contribution is 5.59. The van der Waals surface area contributed by atoms with Crippen molar-refractivity contribution in [1.29, 1.82) is 0 Å². The molecule has 0 fully saturated rings. The fourth-order valence-corrected chi connectivity index (χ4v) is 4.46. The summed E-state index contributed by atoms with van der Waals surface area (Å²) in [5.41, 5.74) is 5.23. The molecule has 0 bridgehead atoms. The van der Waals surface area contributed by atoms with Crippen molar-refractivity contribution in [2.45, 2.75) is 24.7 Å². The van der Waals surface area contributed by atoms with Crippen LogP contribution in [0, 0.1) is 0 Å². The summed E-state index contributed by atoms with van der Waals surface area (Å²) >= 11 is 0. The zero-order valence-electron chi connectivity index (χ0n) is 15.3. The van der Waals surface area contributed by atoms with Crippen LogP contribution in [-0.4, -0.2) is 0 Å². The van der Waals surface area contributed by atoms with Crippen LogP contribution in [0.5, 0.6) is 0 Å². The van der Waals surface area contributed by atoms with E-state index in [1.807, 2.05) is 6.07 Å². The lowest BCUT2D eigenvalue weighted by atomic mass is 9.65. The van der Waals surface area contributed by atoms with Crippen LogP contribution in [-0.2, 0) is 18.3 Å². The lowest BCUT2D eigenvalue weighted by Crippen LogP contribution is -2.34. The van der Waals surface area contributed by atoms with E-state index in [4.69, 9.17) is 4.42 Å². The summed E-state index contributed by atoms with van der Waals surface area (Å²) in [5, 5.41) is 0. The first-order chi connectivity index (χ1) is 13.4. The predicted molar refractivity (Wildman–Crippen MR) is 110 cm³/mol. The van der Waals surface area contributed by atoms with Crippen molar-refractivity contribution in [3.05, 3.63) is 120 Å². The van der Waals surface area contributed by atoms with Crippen molar-refractivity contribution in [1.82, 2.24) is 0 Å². The monoisotopic (exact) mass is 350 g/mol. The summed E-state index contributed by atoms with van der Waals surface area (Å²) in [7, 11) is 0. The molecular weight excluding hydrogens is 328 g/mol. The topological polar surface area (TPSA) is 13.1 Å². The van der Waals surface area contributed by atoms with Gasteiger partial charge < -0.3 is 4.42 Å². The summed E-state index contributed by atoms with van der Waals surface area (Å²) in [5.74, 6) is 2.12. The van der Waals surface area contributed by atoms with Crippen LogP contribution in [0.3, 0.4) is 0 Å². The molecule has 1 heterocycles. The van der Waals surface area contributed by atoms with E-state index in [2.05, 4.69) is 91.0 Å². The van der Waals surface area contributed by atoms with E-state index in [1.165, 1.54) is 16.7 Å². The van der Waals surface area contributed by atoms with E-state index in [0.29, 0.717) is 0 Å². The maximum Gasteiger partial charge on any atom is 0.134 e. The molecular formula is C26H22O. The molecule has 0 N–H and O–H groups in total. The standard InChI is InChI=1S/C26H22O/c1-4-10-20(11-5-1)24-18-21-16-17-26(19-25(21)27-24,22-12-6-2-7-13-22)23-14-8-3-9-15-23/h1-15,18H,16-17,19H2. The molecule has 0 radical (unpaired) electrons. The Kier molecular flexibility index (Phi) is 3.94. The van der Waals surface area contributed by atoms with Gasteiger partial charge in [0.05, 0.1) is 0 Å². The number of aryl methyl sites for hydroxylation is 1. The van der Waals surface area contributed by atoms with Crippen LogP contribution in [0.2, 0.25) is 0 Å². The van der Waals surface area contributed by atoms with E-state index in [-0.39, 0.29) is 5.41 Å². The van der Waals surface area contributed by atoms with Gasteiger partial charge in [0.15, 0.2) is 0 Å². The smallest absolute Gasteiger partial charge is 0.134 e. The largest absolute Gasteiger partial charge is 0.461 e. The minimum absolute atomic E-state index is 0.0265. The minimum atomic E-state index is -0.0265. The SMILES string of the molecule is c1ccc(-c2cc3c(o2)CC(c2ccccc2)(c2ccccc2)CC3)cc1. The van der Waals surface area contributed by atoms with Gasteiger partial charge in [-0.15, -0.1) is 0 Å². The molecule has 4 aromatic rings. The van der Waals surface area contributed by atoms with Crippen LogP contribution < -0.4 is 0 Å². The number of hydrogen-bond donors (Lipinski definition) is 0. The van der Waals surface area contributed by atoms with Gasteiger partial charge in [-0.25, -0.2) is 0 Å². The Morgan fingerprint density at radius 3 is 1.81 bits per heavy atom. The summed E-state index contributed by atoms with van der Waals surface area (Å²) in [6.45, 7) is 0. The molecule has 1 heteroatoms. The Labute approximate surface area is 160 Å². The van der Waals surface area contributed by atoms with Crippen LogP contribution in [0.4, 0.5) is 0 Å². The third kappa shape index (κ3) is 2.80. The average Bonchev–Trinajstić information content (AvgIpc) is 3.19. The van der Waals surface area contributed by atoms with Crippen LogP contribution >= 0.6 is 0 Å². The highest BCUT2D eigenvalue weighted by Crippen LogP contribution is 2.45. The van der Waals surface area contributed by atoms with Crippen LogP contribution in [0.25, 0.3) is 11.3 Å². The number of hydrogen-bond acceptors (Lipinski definition) is 1. The number of rotatable bonds is 3. The Morgan fingerprint density at radius 2 is 1.22 bits per heavy atom. The maximum atomic E-state index is 6.39. The molecule has 0 atom stereocenters. The zero-order chi connectivity index (χ0) is 18.1. The first kappa shape index (κ1) is 16.1. The molecule has 0 unspecified atom stereocenters. The van der Waals surface area contributed by atoms with E-state index in [9.17, 15) is 0 Å². The normalized spacial score (nSPS) is 15.3. The first-order valence-corrected chi connectivity index (χ1v) is 9.63. The predicted octanol–water partition coefficient (Wildman–Crippen LogP) is 6.42. The van der Waals surface area contributed by atoms with Crippen LogP contribution in [0.15, 0.2) is 101 Å². The van der Waals surface area contributed by atoms with Gasteiger partial charge in [-0.3, -0.25) is 0 Å². The lowest BCUT2D eigenvalue weighted by Gasteiger charge is -2.37. The zero-order valence-corrected chi connectivity index (χ0v) is 15.3. The van der Waals surface area contributed by atoms with Gasteiger partial charge >= 0.3 is 0 Å². The molecule has 27 heavy (non-hydrogen) atoms. The molecule has 0 saturated carbocycles. The van der Waals surface area contributed by atoms with Gasteiger partial charge in [-0.05, 0) is 35.6 Å². The molecule has 1 aliphatic rings. The Balaban J connectivity index is 1.61. The van der Waals surface area contributed by atoms with Crippen molar-refractivity contribution in [2.24, 2.45) is 0 Å². The van der Waals surface area contributed by atoms with Gasteiger partial charge in [-0.2, -0.15) is 0 Å². The first-order valence-electron chi connectivity index (χ1n) is 9.63. The summed E-state index contributed by atoms with van der Waals surface area (Å²) in [6, 6.07) is 34.5. The van der Waals surface area contributed by atoms with Gasteiger partial charge in [0.25, 0.3) is 0 Å². The second-order valence-electron chi connectivity index (χ2n) is 7.42. The molecule has 0 spiro atoms. The number of furan rings is 1. The van der Waals surface area contributed by atoms with Gasteiger partial charge in [0.1, 0.15) is 11.5 Å². The summed E-state index contributed by atoms with van der Waals surface area (Å²) in [4.78, 5) is 0. The second-order valence-corrected chi connectivity index (χ2v) is 7.42. The molecule has 0 aliphatic heterocycles. The van der Waals surface area contributed by atoms with E-state index < -0.39 is 0 Å². The van der Waals surface area contributed by atoms with Crippen molar-refractivity contribution < 1.29 is 4.42 Å². The third-order valence-corrected chi connectivity index (χ3v) is 5.89. The highest BCUT2D eigenvalue weighted by Gasteiger charge is 2.39. The van der Waals surface area contributed by atoms with E-state index >= 15 is 0 Å². The van der Waals surface area contributed by atoms with Crippen LogP contribution in [0.1, 0.15) is 28.9 Å². The Hall–Kier alpha value is -3.06. The molecule has 1 aromatic heterocycles. The molecule has 0 saturated heterocycles.